The molecule has 2 aliphatic rings. The van der Waals surface area contributed by atoms with Gasteiger partial charge in [-0.15, -0.1) is 0 Å². The lowest BCUT2D eigenvalue weighted by Crippen LogP contribution is -2.09. The van der Waals surface area contributed by atoms with E-state index in [1.807, 2.05) is 60.7 Å². The molecule has 0 saturated carbocycles. The molecule has 0 atom stereocenters. The Kier molecular flexibility index (Phi) is 10.8. The minimum absolute atomic E-state index is 0.0269. The quantitative estimate of drug-likeness (QED) is 0.108. The number of carbonyl (C=O) groups excluding carboxylic acids is 3. The molecule has 55 heavy (non-hydrogen) atoms. The number of rotatable bonds is 10. The molecule has 4 aromatic carbocycles. The fraction of sp³-hybridized carbons (Fsp3) is 0.156. The van der Waals surface area contributed by atoms with E-state index < -0.39 is 5.97 Å². The van der Waals surface area contributed by atoms with Gasteiger partial charge in [-0.1, -0.05) is 48.5 Å². The van der Waals surface area contributed by atoms with E-state index in [1.54, 1.807) is 61.2 Å². The molecule has 0 unspecified atom stereocenters. The first kappa shape index (κ1) is 36.4. The van der Waals surface area contributed by atoms with Gasteiger partial charge in [0.15, 0.2) is 11.6 Å². The van der Waals surface area contributed by atoms with E-state index in [4.69, 9.17) is 19.3 Å². The number of nitrogens with zero attached hydrogens (tertiary/aromatic N) is 2. The summed E-state index contributed by atoms with van der Waals surface area (Å²) in [5.74, 6) is 0.263. The lowest BCUT2D eigenvalue weighted by atomic mass is 9.94. The summed E-state index contributed by atoms with van der Waals surface area (Å²) in [5.41, 5.74) is 9.90. The van der Waals surface area contributed by atoms with Crippen molar-refractivity contribution in [2.24, 2.45) is 0 Å². The largest absolute Gasteiger partial charge is 0.487 e. The zero-order valence-electron chi connectivity index (χ0n) is 30.0. The Morgan fingerprint density at radius 1 is 0.600 bits per heavy atom. The Hall–Kier alpha value is -6.94. The average Bonchev–Trinajstić information content (AvgIpc) is 3.24. The van der Waals surface area contributed by atoms with Crippen molar-refractivity contribution in [2.45, 2.75) is 38.9 Å². The smallest absolute Gasteiger partial charge is 0.337 e. The second-order valence-electron chi connectivity index (χ2n) is 13.1. The Morgan fingerprint density at radius 2 is 1.09 bits per heavy atom. The molecule has 0 radical (unpaired) electrons. The van der Waals surface area contributed by atoms with Gasteiger partial charge >= 0.3 is 11.9 Å². The van der Waals surface area contributed by atoms with Crippen LogP contribution < -0.4 is 9.47 Å². The second-order valence-corrected chi connectivity index (χ2v) is 13.1. The highest BCUT2D eigenvalue weighted by molar-refractivity contribution is 5.98. The number of methoxy groups -OCH3 is 1. The molecule has 8 rings (SSSR count). The number of pyridine rings is 2. The van der Waals surface area contributed by atoms with Gasteiger partial charge in [0, 0.05) is 47.5 Å². The van der Waals surface area contributed by atoms with Crippen LogP contribution in [0.1, 0.15) is 76.5 Å². The van der Waals surface area contributed by atoms with Crippen LogP contribution in [-0.2, 0) is 30.8 Å². The van der Waals surface area contributed by atoms with Gasteiger partial charge in [0.05, 0.1) is 30.6 Å². The highest BCUT2D eigenvalue weighted by Gasteiger charge is 2.20. The summed E-state index contributed by atoms with van der Waals surface area (Å²) in [6.45, 7) is 0.839. The molecule has 0 bridgehead atoms. The normalized spacial score (nSPS) is 11.8. The van der Waals surface area contributed by atoms with Crippen molar-refractivity contribution in [1.82, 2.24) is 9.97 Å². The monoisotopic (exact) mass is 732 g/mol. The number of aryl methyl sites for hydroxylation is 2. The van der Waals surface area contributed by atoms with Crippen molar-refractivity contribution >= 4 is 23.5 Å². The van der Waals surface area contributed by atoms with E-state index in [1.165, 1.54) is 7.11 Å². The number of ketones is 2. The molecule has 0 saturated heterocycles. The number of fused-ring (bicyclic) bond motifs is 6. The fourth-order valence-electron chi connectivity index (χ4n) is 6.68. The molecule has 0 fully saturated rings. The number of carboxylic acids is 1. The van der Waals surface area contributed by atoms with Crippen molar-refractivity contribution in [3.8, 4) is 33.8 Å². The van der Waals surface area contributed by atoms with Crippen LogP contribution in [0.2, 0.25) is 0 Å². The van der Waals surface area contributed by atoms with E-state index in [0.29, 0.717) is 55.6 Å². The predicted octanol–water partition coefficient (Wildman–Crippen LogP) is 8.40. The summed E-state index contributed by atoms with van der Waals surface area (Å²) in [4.78, 5) is 56.1. The van der Waals surface area contributed by atoms with E-state index >= 15 is 0 Å². The molecule has 6 aromatic rings. The Morgan fingerprint density at radius 3 is 1.58 bits per heavy atom. The maximum absolute atomic E-state index is 12.7. The number of esters is 1. The van der Waals surface area contributed by atoms with Crippen LogP contribution in [0.5, 0.6) is 11.5 Å². The molecule has 10 heteroatoms. The summed E-state index contributed by atoms with van der Waals surface area (Å²) in [6.07, 6.45) is 8.62. The van der Waals surface area contributed by atoms with Crippen LogP contribution in [0, 0.1) is 0 Å². The van der Waals surface area contributed by atoms with E-state index in [-0.39, 0.29) is 23.1 Å². The number of aromatic carboxylic acids is 1. The van der Waals surface area contributed by atoms with Crippen LogP contribution >= 0.6 is 0 Å². The van der Waals surface area contributed by atoms with E-state index in [2.05, 4.69) is 9.97 Å². The minimum Gasteiger partial charge on any atom is -0.487 e. The fourth-order valence-corrected chi connectivity index (χ4v) is 6.68. The van der Waals surface area contributed by atoms with Crippen molar-refractivity contribution in [1.29, 1.82) is 0 Å². The average molecular weight is 733 g/mol. The van der Waals surface area contributed by atoms with E-state index in [0.717, 1.165) is 56.0 Å². The second kappa shape index (κ2) is 16.4. The van der Waals surface area contributed by atoms with E-state index in [9.17, 15) is 19.2 Å². The third kappa shape index (κ3) is 8.34. The summed E-state index contributed by atoms with van der Waals surface area (Å²) in [6, 6.07) is 29.1. The van der Waals surface area contributed by atoms with Crippen LogP contribution in [0.15, 0.2) is 122 Å². The highest BCUT2D eigenvalue weighted by atomic mass is 16.5. The molecule has 0 aliphatic carbocycles. The molecular weight excluding hydrogens is 697 g/mol. The predicted molar refractivity (Wildman–Crippen MR) is 204 cm³/mol. The van der Waals surface area contributed by atoms with Crippen LogP contribution in [0.4, 0.5) is 0 Å². The van der Waals surface area contributed by atoms with Crippen molar-refractivity contribution in [2.75, 3.05) is 7.11 Å². The highest BCUT2D eigenvalue weighted by Crippen LogP contribution is 2.38. The lowest BCUT2D eigenvalue weighted by Gasteiger charge is -2.20. The summed E-state index contributed by atoms with van der Waals surface area (Å²) >= 11 is 0. The molecular formula is C45H36N2O8. The maximum Gasteiger partial charge on any atom is 0.337 e. The summed E-state index contributed by atoms with van der Waals surface area (Å²) < 4.78 is 16.2. The van der Waals surface area contributed by atoms with Gasteiger partial charge in [-0.2, -0.15) is 0 Å². The number of benzene rings is 4. The first-order valence-corrected chi connectivity index (χ1v) is 17.7. The molecule has 0 amide bonds. The Labute approximate surface area is 317 Å². The number of carbonyl (C=O) groups is 4. The molecule has 10 nitrogen and oxygen atoms in total. The summed E-state index contributed by atoms with van der Waals surface area (Å²) in [7, 11) is 1.35. The molecule has 4 heterocycles. The van der Waals surface area contributed by atoms with Gasteiger partial charge in [-0.05, 0) is 94.8 Å². The molecule has 2 aromatic heterocycles. The van der Waals surface area contributed by atoms with Crippen molar-refractivity contribution in [3.05, 3.63) is 166 Å². The molecule has 1 N–H and O–H groups in total. The SMILES string of the molecule is COC(=O)c1cccc(CCC(=O)c2ccc3c(c2)COc2cnccc2-3)c1.O=C(O)c1cccc(CCC(=O)c2ccc3c(c2)COc2cnccc2-3)c1. The third-order valence-corrected chi connectivity index (χ3v) is 9.57. The number of hydrogen-bond acceptors (Lipinski definition) is 9. The molecule has 2 aliphatic heterocycles. The maximum atomic E-state index is 12.7. The molecule has 0 spiro atoms. The number of ether oxygens (including phenoxy) is 3. The van der Waals surface area contributed by atoms with Gasteiger partial charge in [0.25, 0.3) is 0 Å². The van der Waals surface area contributed by atoms with Crippen molar-refractivity contribution in [3.63, 3.8) is 0 Å². The lowest BCUT2D eigenvalue weighted by molar-refractivity contribution is 0.0599. The van der Waals surface area contributed by atoms with Crippen molar-refractivity contribution < 1.29 is 38.5 Å². The topological polar surface area (TPSA) is 142 Å². The van der Waals surface area contributed by atoms with Gasteiger partial charge in [0.2, 0.25) is 0 Å². The van der Waals surface area contributed by atoms with Gasteiger partial charge in [-0.3, -0.25) is 19.6 Å². The zero-order valence-corrected chi connectivity index (χ0v) is 30.0. The number of hydrogen-bond donors (Lipinski definition) is 1. The Bertz CT molecular complexity index is 2440. The van der Waals surface area contributed by atoms with Gasteiger partial charge in [0.1, 0.15) is 24.7 Å². The first-order valence-electron chi connectivity index (χ1n) is 17.7. The first-order chi connectivity index (χ1) is 26.8. The standard InChI is InChI=1S/C23H19NO4.C22H17NO4/c1-27-23(26)17-4-2-3-15(11-17)5-8-21(25)16-6-7-19-18(12-16)14-28-22-13-24-10-9-20(19)22;24-20(7-4-14-2-1-3-16(10-14)22(25)26)15-5-6-18-17(11-15)13-27-21-12-23-9-8-19(18)21/h2-4,6-7,9-13H,5,8,14H2,1H3;1-3,5-6,8-12H,4,7,13H2,(H,25,26). The molecule has 274 valence electrons. The van der Waals surface area contributed by atoms with Crippen LogP contribution in [-0.4, -0.2) is 45.7 Å². The van der Waals surface area contributed by atoms with Gasteiger partial charge in [-0.25, -0.2) is 9.59 Å². The van der Waals surface area contributed by atoms with Crippen LogP contribution in [0.3, 0.4) is 0 Å². The third-order valence-electron chi connectivity index (χ3n) is 9.57. The summed E-state index contributed by atoms with van der Waals surface area (Å²) in [5, 5.41) is 9.06. The minimum atomic E-state index is -0.964. The number of aromatic nitrogens is 2. The Balaban J connectivity index is 0.000000169. The number of carboxylic acid groups (broad SMARTS) is 1. The van der Waals surface area contributed by atoms with Crippen LogP contribution in [0.25, 0.3) is 22.3 Å². The number of Topliss-reactive ketones (excluding diaryl/α,β-unsaturated/α-hetero) is 2. The zero-order chi connectivity index (χ0) is 38.3. The van der Waals surface area contributed by atoms with Gasteiger partial charge < -0.3 is 19.3 Å².